The summed E-state index contributed by atoms with van der Waals surface area (Å²) in [5.41, 5.74) is 0.815. The molecule has 2 rings (SSSR count). The summed E-state index contributed by atoms with van der Waals surface area (Å²) in [6.07, 6.45) is 0. The summed E-state index contributed by atoms with van der Waals surface area (Å²) in [5, 5.41) is 2.93. The van der Waals surface area contributed by atoms with Crippen molar-refractivity contribution in [3.05, 3.63) is 35.0 Å². The monoisotopic (exact) mass is 194 g/mol. The first-order valence-electron chi connectivity index (χ1n) is 4.35. The molecule has 68 valence electrons. The van der Waals surface area contributed by atoms with E-state index in [2.05, 4.69) is 0 Å². The van der Waals surface area contributed by atoms with Crippen LogP contribution in [0.4, 0.5) is 4.39 Å². The minimum absolute atomic E-state index is 0.0394. The molecule has 0 nitrogen and oxygen atoms in total. The van der Waals surface area contributed by atoms with Crippen molar-refractivity contribution in [3.8, 4) is 0 Å². The van der Waals surface area contributed by atoms with Crippen molar-refractivity contribution in [2.24, 2.45) is 0 Å². The molecular formula is C11H11FS. The Labute approximate surface area is 81.0 Å². The van der Waals surface area contributed by atoms with Gasteiger partial charge in [0.2, 0.25) is 0 Å². The van der Waals surface area contributed by atoms with Crippen LogP contribution < -0.4 is 0 Å². The van der Waals surface area contributed by atoms with E-state index in [1.165, 1.54) is 11.3 Å². The summed E-state index contributed by atoms with van der Waals surface area (Å²) in [4.78, 5) is 0. The van der Waals surface area contributed by atoms with Crippen LogP contribution in [-0.4, -0.2) is 0 Å². The maximum absolute atomic E-state index is 13.8. The second-order valence-corrected chi connectivity index (χ2v) is 4.38. The summed E-state index contributed by atoms with van der Waals surface area (Å²) in [7, 11) is 0. The molecular weight excluding hydrogens is 183 g/mol. The summed E-state index contributed by atoms with van der Waals surface area (Å²) < 4.78 is 14.5. The predicted octanol–water partition coefficient (Wildman–Crippen LogP) is 4.16. The van der Waals surface area contributed by atoms with Crippen LogP contribution in [0.5, 0.6) is 0 Å². The van der Waals surface area contributed by atoms with Crippen LogP contribution in [0.1, 0.15) is 25.3 Å². The lowest BCUT2D eigenvalue weighted by Crippen LogP contribution is -1.91. The van der Waals surface area contributed by atoms with E-state index in [1.807, 2.05) is 37.4 Å². The molecule has 1 aromatic heterocycles. The van der Waals surface area contributed by atoms with Crippen LogP contribution in [0.3, 0.4) is 0 Å². The third-order valence-electron chi connectivity index (χ3n) is 2.21. The van der Waals surface area contributed by atoms with Gasteiger partial charge in [0, 0.05) is 0 Å². The Kier molecular flexibility index (Phi) is 2.08. The van der Waals surface area contributed by atoms with Crippen LogP contribution in [0.15, 0.2) is 23.6 Å². The molecule has 2 aromatic rings. The van der Waals surface area contributed by atoms with Crippen molar-refractivity contribution in [2.75, 3.05) is 0 Å². The number of thiophene rings is 1. The molecule has 2 heteroatoms. The van der Waals surface area contributed by atoms with Crippen LogP contribution in [0, 0.1) is 5.82 Å². The van der Waals surface area contributed by atoms with Gasteiger partial charge in [-0.05, 0) is 28.3 Å². The number of fused-ring (bicyclic) bond motifs is 1. The third kappa shape index (κ3) is 1.35. The highest BCUT2D eigenvalue weighted by Crippen LogP contribution is 2.29. The van der Waals surface area contributed by atoms with Gasteiger partial charge >= 0.3 is 0 Å². The average molecular weight is 194 g/mol. The molecule has 13 heavy (non-hydrogen) atoms. The van der Waals surface area contributed by atoms with E-state index >= 15 is 0 Å². The lowest BCUT2D eigenvalue weighted by Gasteiger charge is -2.06. The SMILES string of the molecule is CC(C)c1ccc2ccsc2c1F. The van der Waals surface area contributed by atoms with E-state index in [9.17, 15) is 4.39 Å². The van der Waals surface area contributed by atoms with Crippen LogP contribution in [0.2, 0.25) is 0 Å². The van der Waals surface area contributed by atoms with Gasteiger partial charge in [0.15, 0.2) is 0 Å². The highest BCUT2D eigenvalue weighted by Gasteiger charge is 2.10. The zero-order valence-corrected chi connectivity index (χ0v) is 8.49. The zero-order chi connectivity index (χ0) is 9.42. The second-order valence-electron chi connectivity index (χ2n) is 3.46. The van der Waals surface area contributed by atoms with Crippen molar-refractivity contribution in [2.45, 2.75) is 19.8 Å². The fraction of sp³-hybridized carbons (Fsp3) is 0.273. The Bertz CT molecular complexity index is 429. The fourth-order valence-corrected chi connectivity index (χ4v) is 2.30. The molecule has 0 bridgehead atoms. The summed E-state index contributed by atoms with van der Waals surface area (Å²) in [6.45, 7) is 4.02. The van der Waals surface area contributed by atoms with Crippen molar-refractivity contribution < 1.29 is 4.39 Å². The molecule has 0 aliphatic rings. The smallest absolute Gasteiger partial charge is 0.144 e. The van der Waals surface area contributed by atoms with Crippen molar-refractivity contribution >= 4 is 21.4 Å². The van der Waals surface area contributed by atoms with E-state index in [0.717, 1.165) is 15.6 Å². The molecule has 1 heterocycles. The van der Waals surface area contributed by atoms with E-state index in [4.69, 9.17) is 0 Å². The minimum Gasteiger partial charge on any atom is -0.205 e. The average Bonchev–Trinajstić information content (AvgIpc) is 2.52. The van der Waals surface area contributed by atoms with Gasteiger partial charge in [-0.3, -0.25) is 0 Å². The fourth-order valence-electron chi connectivity index (χ4n) is 1.46. The maximum Gasteiger partial charge on any atom is 0.144 e. The standard InChI is InChI=1S/C11H11FS/c1-7(2)9-4-3-8-5-6-13-11(8)10(9)12/h3-7H,1-2H3. The molecule has 0 amide bonds. The maximum atomic E-state index is 13.8. The van der Waals surface area contributed by atoms with Gasteiger partial charge in [-0.1, -0.05) is 26.0 Å². The third-order valence-corrected chi connectivity index (χ3v) is 3.14. The molecule has 0 fully saturated rings. The van der Waals surface area contributed by atoms with Crippen molar-refractivity contribution in [1.29, 1.82) is 0 Å². The molecule has 1 aromatic carbocycles. The van der Waals surface area contributed by atoms with Crippen molar-refractivity contribution in [1.82, 2.24) is 0 Å². The number of hydrogen-bond acceptors (Lipinski definition) is 1. The Morgan fingerprint density at radius 2 is 2.00 bits per heavy atom. The van der Waals surface area contributed by atoms with Crippen LogP contribution >= 0.6 is 11.3 Å². The molecule has 0 aliphatic heterocycles. The van der Waals surface area contributed by atoms with E-state index in [1.54, 1.807) is 0 Å². The molecule has 0 saturated heterocycles. The van der Waals surface area contributed by atoms with E-state index < -0.39 is 0 Å². The quantitative estimate of drug-likeness (QED) is 0.639. The zero-order valence-electron chi connectivity index (χ0n) is 7.67. The van der Waals surface area contributed by atoms with Crippen LogP contribution in [-0.2, 0) is 0 Å². The first-order chi connectivity index (χ1) is 6.20. The van der Waals surface area contributed by atoms with Gasteiger partial charge in [-0.25, -0.2) is 4.39 Å². The number of halogens is 1. The number of rotatable bonds is 1. The molecule has 0 N–H and O–H groups in total. The van der Waals surface area contributed by atoms with Gasteiger partial charge < -0.3 is 0 Å². The molecule has 0 radical (unpaired) electrons. The first kappa shape index (κ1) is 8.70. The topological polar surface area (TPSA) is 0 Å². The molecule has 0 unspecified atom stereocenters. The Morgan fingerprint density at radius 1 is 1.23 bits per heavy atom. The van der Waals surface area contributed by atoms with Crippen molar-refractivity contribution in [3.63, 3.8) is 0 Å². The lowest BCUT2D eigenvalue weighted by molar-refractivity contribution is 0.612. The Morgan fingerprint density at radius 3 is 2.69 bits per heavy atom. The first-order valence-corrected chi connectivity index (χ1v) is 5.23. The molecule has 0 atom stereocenters. The van der Waals surface area contributed by atoms with Gasteiger partial charge in [-0.15, -0.1) is 11.3 Å². The van der Waals surface area contributed by atoms with Gasteiger partial charge in [0.05, 0.1) is 4.70 Å². The lowest BCUT2D eigenvalue weighted by atomic mass is 10.0. The minimum atomic E-state index is -0.0394. The molecule has 0 spiro atoms. The summed E-state index contributed by atoms with van der Waals surface area (Å²) >= 11 is 1.47. The second kappa shape index (κ2) is 3.11. The largest absolute Gasteiger partial charge is 0.205 e. The highest BCUT2D eigenvalue weighted by molar-refractivity contribution is 7.17. The molecule has 0 saturated carbocycles. The summed E-state index contributed by atoms with van der Waals surface area (Å²) in [5.74, 6) is 0.217. The number of benzene rings is 1. The van der Waals surface area contributed by atoms with Gasteiger partial charge in [0.25, 0.3) is 0 Å². The van der Waals surface area contributed by atoms with Gasteiger partial charge in [0.1, 0.15) is 5.82 Å². The van der Waals surface area contributed by atoms with Crippen LogP contribution in [0.25, 0.3) is 10.1 Å². The van der Waals surface area contributed by atoms with E-state index in [0.29, 0.717) is 0 Å². The van der Waals surface area contributed by atoms with Gasteiger partial charge in [-0.2, -0.15) is 0 Å². The highest BCUT2D eigenvalue weighted by atomic mass is 32.1. The number of hydrogen-bond donors (Lipinski definition) is 0. The normalized spacial score (nSPS) is 11.4. The Balaban J connectivity index is 2.73. The predicted molar refractivity (Wildman–Crippen MR) is 55.9 cm³/mol. The Hall–Kier alpha value is -0.890. The molecule has 0 aliphatic carbocycles. The van der Waals surface area contributed by atoms with E-state index in [-0.39, 0.29) is 11.7 Å². The summed E-state index contributed by atoms with van der Waals surface area (Å²) in [6, 6.07) is 5.83.